The maximum absolute atomic E-state index is 12.3. The lowest BCUT2D eigenvalue weighted by Gasteiger charge is -2.30. The minimum Gasteiger partial charge on any atom is -0.431 e. The van der Waals surface area contributed by atoms with Gasteiger partial charge >= 0.3 is 0 Å². The van der Waals surface area contributed by atoms with Crippen molar-refractivity contribution in [1.82, 2.24) is 15.2 Å². The summed E-state index contributed by atoms with van der Waals surface area (Å²) in [7, 11) is 0. The number of thioether (sulfide) groups is 1. The first-order chi connectivity index (χ1) is 16.1. The van der Waals surface area contributed by atoms with Crippen molar-refractivity contribution in [2.45, 2.75) is 25.0 Å². The molecule has 0 radical (unpaired) electrons. The van der Waals surface area contributed by atoms with E-state index >= 15 is 0 Å². The molecule has 5 rings (SSSR count). The molecule has 1 fully saturated rings. The lowest BCUT2D eigenvalue weighted by atomic mass is 9.99. The van der Waals surface area contributed by atoms with Gasteiger partial charge in [-0.25, -0.2) is 4.98 Å². The van der Waals surface area contributed by atoms with Crippen LogP contribution in [-0.4, -0.2) is 39.9 Å². The molecule has 2 aromatic heterocycles. The predicted molar refractivity (Wildman–Crippen MR) is 131 cm³/mol. The molecule has 1 amide bonds. The van der Waals surface area contributed by atoms with Crippen LogP contribution in [0.4, 0.5) is 11.5 Å². The first-order valence-corrected chi connectivity index (χ1v) is 12.1. The Hall–Kier alpha value is -3.39. The molecule has 0 spiro atoms. The third kappa shape index (κ3) is 5.17. The highest BCUT2D eigenvalue weighted by atomic mass is 32.2. The molecular weight excluding hydrogens is 434 g/mol. The standard InChI is InChI=1S/C25H25N5O2S/c1-17-12-14-30(15-13-17)23-11-10-20(28-29-23)18-6-8-19(9-7-18)26-24(31)16-33-25-27-21-4-2-3-5-22(21)32-25/h2-11,17H,12-16H2,1H3,(H,26,31). The van der Waals surface area contributed by atoms with Crippen LogP contribution < -0.4 is 10.2 Å². The van der Waals surface area contributed by atoms with Crippen molar-refractivity contribution in [2.75, 3.05) is 29.1 Å². The second-order valence-corrected chi connectivity index (χ2v) is 9.23. The van der Waals surface area contributed by atoms with Gasteiger partial charge in [0.1, 0.15) is 5.52 Å². The topological polar surface area (TPSA) is 84.2 Å². The van der Waals surface area contributed by atoms with Crippen LogP contribution in [0.1, 0.15) is 19.8 Å². The van der Waals surface area contributed by atoms with Gasteiger partial charge in [0.05, 0.1) is 11.4 Å². The molecule has 0 aliphatic carbocycles. The molecule has 0 saturated carbocycles. The number of amides is 1. The highest BCUT2D eigenvalue weighted by molar-refractivity contribution is 7.99. The average Bonchev–Trinajstić information content (AvgIpc) is 3.27. The van der Waals surface area contributed by atoms with E-state index in [9.17, 15) is 4.79 Å². The summed E-state index contributed by atoms with van der Waals surface area (Å²) in [6, 6.07) is 19.2. The summed E-state index contributed by atoms with van der Waals surface area (Å²) >= 11 is 1.27. The number of carbonyl (C=O) groups excluding carboxylic acids is 1. The first-order valence-electron chi connectivity index (χ1n) is 11.1. The second-order valence-electron chi connectivity index (χ2n) is 8.31. The van der Waals surface area contributed by atoms with Gasteiger partial charge in [-0.05, 0) is 55.2 Å². The molecule has 1 aliphatic heterocycles. The number of benzene rings is 2. The number of nitrogens with zero attached hydrogens (tertiary/aromatic N) is 4. The zero-order valence-corrected chi connectivity index (χ0v) is 19.2. The van der Waals surface area contributed by atoms with E-state index in [4.69, 9.17) is 4.42 Å². The summed E-state index contributed by atoms with van der Waals surface area (Å²) in [6.07, 6.45) is 2.40. The van der Waals surface area contributed by atoms with Gasteiger partial charge in [-0.15, -0.1) is 10.2 Å². The minimum atomic E-state index is -0.116. The largest absolute Gasteiger partial charge is 0.431 e. The summed E-state index contributed by atoms with van der Waals surface area (Å²) in [5.74, 6) is 1.82. The van der Waals surface area contributed by atoms with Gasteiger partial charge in [-0.3, -0.25) is 4.79 Å². The number of fused-ring (bicyclic) bond motifs is 1. The van der Waals surface area contributed by atoms with Crippen LogP contribution in [0.15, 0.2) is 70.3 Å². The van der Waals surface area contributed by atoms with E-state index in [1.54, 1.807) is 0 Å². The van der Waals surface area contributed by atoms with Crippen LogP contribution >= 0.6 is 11.8 Å². The summed E-state index contributed by atoms with van der Waals surface area (Å²) < 4.78 is 5.64. The Bertz CT molecular complexity index is 1200. The van der Waals surface area contributed by atoms with Crippen molar-refractivity contribution in [2.24, 2.45) is 5.92 Å². The lowest BCUT2D eigenvalue weighted by Crippen LogP contribution is -2.33. The molecule has 2 aromatic carbocycles. The number of para-hydroxylation sites is 2. The fourth-order valence-corrected chi connectivity index (χ4v) is 4.49. The van der Waals surface area contributed by atoms with Crippen molar-refractivity contribution in [3.8, 4) is 11.3 Å². The molecule has 1 saturated heterocycles. The van der Waals surface area contributed by atoms with Crippen molar-refractivity contribution >= 4 is 40.3 Å². The Morgan fingerprint density at radius 3 is 2.58 bits per heavy atom. The maximum Gasteiger partial charge on any atom is 0.257 e. The number of rotatable bonds is 6. The van der Waals surface area contributed by atoms with E-state index < -0.39 is 0 Å². The smallest absolute Gasteiger partial charge is 0.257 e. The minimum absolute atomic E-state index is 0.116. The molecule has 8 heteroatoms. The third-order valence-corrected chi connectivity index (χ3v) is 6.65. The molecule has 0 unspecified atom stereocenters. The normalized spacial score (nSPS) is 14.5. The molecule has 4 aromatic rings. The summed E-state index contributed by atoms with van der Waals surface area (Å²) in [5.41, 5.74) is 4.01. The molecule has 7 nitrogen and oxygen atoms in total. The van der Waals surface area contributed by atoms with Crippen molar-refractivity contribution in [3.63, 3.8) is 0 Å². The monoisotopic (exact) mass is 459 g/mol. The van der Waals surface area contributed by atoms with Crippen LogP contribution in [0.25, 0.3) is 22.4 Å². The van der Waals surface area contributed by atoms with Gasteiger partial charge in [0.2, 0.25) is 5.91 Å². The van der Waals surface area contributed by atoms with Gasteiger partial charge in [-0.1, -0.05) is 43.0 Å². The summed E-state index contributed by atoms with van der Waals surface area (Å²) in [5, 5.41) is 12.2. The van der Waals surface area contributed by atoms with Gasteiger partial charge < -0.3 is 14.6 Å². The number of piperidine rings is 1. The molecular formula is C25H25N5O2S. The number of oxazole rings is 1. The van der Waals surface area contributed by atoms with E-state index in [1.807, 2.05) is 60.7 Å². The predicted octanol–water partition coefficient (Wildman–Crippen LogP) is 5.25. The van der Waals surface area contributed by atoms with Crippen LogP contribution in [0.3, 0.4) is 0 Å². The van der Waals surface area contributed by atoms with Crippen molar-refractivity contribution in [3.05, 3.63) is 60.7 Å². The van der Waals surface area contributed by atoms with E-state index in [0.29, 0.717) is 5.22 Å². The molecule has 3 heterocycles. The Kier molecular flexibility index (Phi) is 6.26. The lowest BCUT2D eigenvalue weighted by molar-refractivity contribution is -0.113. The fourth-order valence-electron chi connectivity index (χ4n) is 3.85. The van der Waals surface area contributed by atoms with Crippen LogP contribution in [0.2, 0.25) is 0 Å². The molecule has 0 bridgehead atoms. The fraction of sp³-hybridized carbons (Fsp3) is 0.280. The summed E-state index contributed by atoms with van der Waals surface area (Å²) in [6.45, 7) is 4.37. The Labute approximate surface area is 196 Å². The Balaban J connectivity index is 1.15. The average molecular weight is 460 g/mol. The van der Waals surface area contributed by atoms with Crippen LogP contribution in [0.5, 0.6) is 0 Å². The van der Waals surface area contributed by atoms with Crippen molar-refractivity contribution < 1.29 is 9.21 Å². The quantitative estimate of drug-likeness (QED) is 0.394. The zero-order valence-electron chi connectivity index (χ0n) is 18.4. The first kappa shape index (κ1) is 21.5. The molecule has 168 valence electrons. The number of hydrogen-bond donors (Lipinski definition) is 1. The number of carbonyl (C=O) groups is 1. The number of hydrogen-bond acceptors (Lipinski definition) is 7. The molecule has 33 heavy (non-hydrogen) atoms. The van der Waals surface area contributed by atoms with Gasteiger partial charge in [0, 0.05) is 24.3 Å². The van der Waals surface area contributed by atoms with E-state index in [0.717, 1.165) is 52.9 Å². The molecule has 1 N–H and O–H groups in total. The SMILES string of the molecule is CC1CCN(c2ccc(-c3ccc(NC(=O)CSc4nc5ccccc5o4)cc3)nn2)CC1. The van der Waals surface area contributed by atoms with Gasteiger partial charge in [0.15, 0.2) is 11.4 Å². The molecule has 1 aliphatic rings. The van der Waals surface area contributed by atoms with E-state index in [2.05, 4.69) is 32.3 Å². The third-order valence-electron chi connectivity index (χ3n) is 5.82. The highest BCUT2D eigenvalue weighted by Gasteiger charge is 2.17. The Morgan fingerprint density at radius 1 is 1.06 bits per heavy atom. The number of nitrogens with one attached hydrogen (secondary N) is 1. The van der Waals surface area contributed by atoms with Crippen LogP contribution in [0, 0.1) is 5.92 Å². The maximum atomic E-state index is 12.3. The van der Waals surface area contributed by atoms with Gasteiger partial charge in [-0.2, -0.15) is 0 Å². The second kappa shape index (κ2) is 9.62. The Morgan fingerprint density at radius 2 is 1.85 bits per heavy atom. The van der Waals surface area contributed by atoms with Crippen LogP contribution in [-0.2, 0) is 4.79 Å². The number of anilines is 2. The highest BCUT2D eigenvalue weighted by Crippen LogP contribution is 2.25. The van der Waals surface area contributed by atoms with E-state index in [-0.39, 0.29) is 11.7 Å². The van der Waals surface area contributed by atoms with Gasteiger partial charge in [0.25, 0.3) is 5.22 Å². The summed E-state index contributed by atoms with van der Waals surface area (Å²) in [4.78, 5) is 19.0. The van der Waals surface area contributed by atoms with E-state index in [1.165, 1.54) is 24.6 Å². The molecule has 0 atom stereocenters. The van der Waals surface area contributed by atoms with Crippen molar-refractivity contribution in [1.29, 1.82) is 0 Å². The zero-order chi connectivity index (χ0) is 22.6. The number of aromatic nitrogens is 3.